The first-order valence-corrected chi connectivity index (χ1v) is 8.65. The number of likely N-dealkylation sites (tertiary alicyclic amines) is 1. The Hall–Kier alpha value is -1.83. The van der Waals surface area contributed by atoms with Crippen molar-refractivity contribution < 1.29 is 16.9 Å². The highest BCUT2D eigenvalue weighted by Gasteiger charge is 2.29. The number of hydrogen-bond donors (Lipinski definition) is 0. The Labute approximate surface area is 152 Å². The van der Waals surface area contributed by atoms with Crippen LogP contribution in [0.25, 0.3) is 12.2 Å². The van der Waals surface area contributed by atoms with Crippen LogP contribution >= 0.6 is 0 Å². The van der Waals surface area contributed by atoms with Crippen molar-refractivity contribution in [2.45, 2.75) is 12.8 Å². The summed E-state index contributed by atoms with van der Waals surface area (Å²) in [5.74, 6) is 0. The minimum atomic E-state index is 0. The van der Waals surface area contributed by atoms with Gasteiger partial charge in [0.05, 0.1) is 26.2 Å². The van der Waals surface area contributed by atoms with E-state index in [0.29, 0.717) is 0 Å². The van der Waals surface area contributed by atoms with Crippen LogP contribution in [0.2, 0.25) is 0 Å². The zero-order valence-corrected chi connectivity index (χ0v) is 14.9. The molecule has 0 radical (unpaired) electrons. The molecule has 1 fully saturated rings. The van der Waals surface area contributed by atoms with Crippen molar-refractivity contribution in [2.24, 2.45) is 0 Å². The molecule has 2 aromatic carbocycles. The van der Waals surface area contributed by atoms with Gasteiger partial charge in [0.15, 0.2) is 0 Å². The monoisotopic (exact) mass is 339 g/mol. The summed E-state index contributed by atoms with van der Waals surface area (Å²) < 4.78 is 1.20. The lowest BCUT2D eigenvalue weighted by Crippen LogP contribution is -3.00. The van der Waals surface area contributed by atoms with E-state index in [1.165, 1.54) is 41.5 Å². The fourth-order valence-electron chi connectivity index (χ4n) is 3.40. The van der Waals surface area contributed by atoms with Gasteiger partial charge in [0.1, 0.15) is 0 Å². The van der Waals surface area contributed by atoms with Gasteiger partial charge in [-0.2, -0.15) is 0 Å². The largest absolute Gasteiger partial charge is 1.00 e. The van der Waals surface area contributed by atoms with Gasteiger partial charge in [0.25, 0.3) is 0 Å². The van der Waals surface area contributed by atoms with Crippen LogP contribution in [0.5, 0.6) is 0 Å². The molecule has 2 aromatic rings. The number of nitrogens with zero attached hydrogens (tertiary/aromatic N) is 1. The Morgan fingerprint density at radius 1 is 0.667 bits per heavy atom. The summed E-state index contributed by atoms with van der Waals surface area (Å²) >= 11 is 0. The van der Waals surface area contributed by atoms with Crippen LogP contribution in [0.4, 0.5) is 0 Å². The van der Waals surface area contributed by atoms with Gasteiger partial charge in [-0.25, -0.2) is 0 Å². The van der Waals surface area contributed by atoms with Crippen LogP contribution in [-0.2, 0) is 0 Å². The molecule has 1 aliphatic heterocycles. The van der Waals surface area contributed by atoms with Gasteiger partial charge in [-0.1, -0.05) is 72.8 Å². The Morgan fingerprint density at radius 2 is 1.08 bits per heavy atom. The standard InChI is InChI=1S/C22H26N.ClH/c1-3-11-21(12-4-1)15-9-19-23(17-7-8-18-23)20-10-16-22-13-5-2-6-14-22;/h1-6,9-16H,7-8,17-20H2;1H/q+1;/p-1. The summed E-state index contributed by atoms with van der Waals surface area (Å²) in [6.45, 7) is 4.87. The zero-order valence-electron chi connectivity index (χ0n) is 14.2. The number of halogens is 1. The van der Waals surface area contributed by atoms with Crippen molar-refractivity contribution in [1.82, 2.24) is 0 Å². The number of rotatable bonds is 6. The van der Waals surface area contributed by atoms with Gasteiger partial charge in [-0.05, 0) is 23.3 Å². The average Bonchev–Trinajstić information content (AvgIpc) is 3.06. The first-order chi connectivity index (χ1) is 11.4. The Balaban J connectivity index is 0.00000208. The molecule has 0 amide bonds. The lowest BCUT2D eigenvalue weighted by molar-refractivity contribution is -0.905. The first-order valence-electron chi connectivity index (χ1n) is 8.65. The maximum atomic E-state index is 2.36. The third-order valence-corrected chi connectivity index (χ3v) is 4.72. The third kappa shape index (κ3) is 5.36. The molecule has 0 atom stereocenters. The van der Waals surface area contributed by atoms with E-state index in [2.05, 4.69) is 85.0 Å². The summed E-state index contributed by atoms with van der Waals surface area (Å²) in [7, 11) is 0. The van der Waals surface area contributed by atoms with Crippen LogP contribution in [0.15, 0.2) is 72.8 Å². The normalized spacial score (nSPS) is 16.5. The summed E-state index contributed by atoms with van der Waals surface area (Å²) in [6.07, 6.45) is 12.0. The van der Waals surface area contributed by atoms with Gasteiger partial charge in [-0.3, -0.25) is 0 Å². The Morgan fingerprint density at radius 3 is 1.50 bits per heavy atom. The highest BCUT2D eigenvalue weighted by atomic mass is 35.5. The maximum Gasteiger partial charge on any atom is 0.0979 e. The van der Waals surface area contributed by atoms with Gasteiger partial charge < -0.3 is 16.9 Å². The van der Waals surface area contributed by atoms with Crippen molar-refractivity contribution in [2.75, 3.05) is 26.2 Å². The number of quaternary nitrogens is 1. The van der Waals surface area contributed by atoms with E-state index in [0.717, 1.165) is 13.1 Å². The van der Waals surface area contributed by atoms with E-state index < -0.39 is 0 Å². The molecule has 126 valence electrons. The van der Waals surface area contributed by atoms with Crippen LogP contribution in [0, 0.1) is 0 Å². The topological polar surface area (TPSA) is 0 Å². The smallest absolute Gasteiger partial charge is 0.0979 e. The molecule has 2 heteroatoms. The molecule has 0 aromatic heterocycles. The van der Waals surface area contributed by atoms with Crippen LogP contribution < -0.4 is 12.4 Å². The highest BCUT2D eigenvalue weighted by Crippen LogP contribution is 2.20. The molecule has 0 spiro atoms. The number of benzene rings is 2. The summed E-state index contributed by atoms with van der Waals surface area (Å²) in [6, 6.07) is 21.2. The molecule has 3 rings (SSSR count). The quantitative estimate of drug-likeness (QED) is 0.706. The molecular weight excluding hydrogens is 314 g/mol. The Bertz CT molecular complexity index is 587. The summed E-state index contributed by atoms with van der Waals surface area (Å²) in [5.41, 5.74) is 2.59. The second-order valence-corrected chi connectivity index (χ2v) is 6.49. The van der Waals surface area contributed by atoms with E-state index in [1.807, 2.05) is 0 Å². The van der Waals surface area contributed by atoms with Crippen molar-refractivity contribution in [3.63, 3.8) is 0 Å². The lowest BCUT2D eigenvalue weighted by Gasteiger charge is -2.32. The van der Waals surface area contributed by atoms with E-state index in [9.17, 15) is 0 Å². The predicted molar refractivity (Wildman–Crippen MR) is 99.9 cm³/mol. The van der Waals surface area contributed by atoms with Crippen LogP contribution in [-0.4, -0.2) is 30.7 Å². The highest BCUT2D eigenvalue weighted by molar-refractivity contribution is 5.49. The van der Waals surface area contributed by atoms with Gasteiger partial charge in [-0.15, -0.1) is 0 Å². The van der Waals surface area contributed by atoms with Crippen molar-refractivity contribution in [3.05, 3.63) is 83.9 Å². The second kappa shape index (κ2) is 9.46. The SMILES string of the molecule is C(=Cc1ccccc1)C[N+]1(CC=Cc2ccccc2)CCCC1.[Cl-]. The average molecular weight is 340 g/mol. The van der Waals surface area contributed by atoms with Gasteiger partial charge in [0.2, 0.25) is 0 Å². The Kier molecular flexibility index (Phi) is 7.30. The maximum absolute atomic E-state index is 2.36. The van der Waals surface area contributed by atoms with Gasteiger partial charge >= 0.3 is 0 Å². The molecule has 1 nitrogen and oxygen atoms in total. The van der Waals surface area contributed by atoms with Crippen molar-refractivity contribution in [1.29, 1.82) is 0 Å². The second-order valence-electron chi connectivity index (χ2n) is 6.49. The summed E-state index contributed by atoms with van der Waals surface area (Å²) in [4.78, 5) is 0. The molecule has 1 aliphatic rings. The predicted octanol–water partition coefficient (Wildman–Crippen LogP) is 2.03. The molecule has 0 unspecified atom stereocenters. The summed E-state index contributed by atoms with van der Waals surface area (Å²) in [5, 5.41) is 0. The minimum Gasteiger partial charge on any atom is -1.00 e. The van der Waals surface area contributed by atoms with E-state index >= 15 is 0 Å². The number of hydrogen-bond acceptors (Lipinski definition) is 0. The molecule has 24 heavy (non-hydrogen) atoms. The van der Waals surface area contributed by atoms with E-state index in [4.69, 9.17) is 0 Å². The third-order valence-electron chi connectivity index (χ3n) is 4.72. The first kappa shape index (κ1) is 18.5. The molecule has 1 heterocycles. The fourth-order valence-corrected chi connectivity index (χ4v) is 3.40. The molecule has 0 bridgehead atoms. The van der Waals surface area contributed by atoms with Crippen LogP contribution in [0.3, 0.4) is 0 Å². The van der Waals surface area contributed by atoms with Crippen molar-refractivity contribution >= 4 is 12.2 Å². The van der Waals surface area contributed by atoms with Gasteiger partial charge in [0, 0.05) is 12.8 Å². The molecule has 1 saturated heterocycles. The molecule has 0 saturated carbocycles. The molecule has 0 aliphatic carbocycles. The molecular formula is C22H26ClN. The van der Waals surface area contributed by atoms with Crippen LogP contribution in [0.1, 0.15) is 24.0 Å². The molecule has 0 N–H and O–H groups in total. The minimum absolute atomic E-state index is 0. The fraction of sp³-hybridized carbons (Fsp3) is 0.273. The van der Waals surface area contributed by atoms with Crippen molar-refractivity contribution in [3.8, 4) is 0 Å². The zero-order chi connectivity index (χ0) is 15.8. The van der Waals surface area contributed by atoms with E-state index in [-0.39, 0.29) is 12.4 Å². The van der Waals surface area contributed by atoms with E-state index in [1.54, 1.807) is 0 Å². The lowest BCUT2D eigenvalue weighted by atomic mass is 10.2.